The number of ether oxygens (including phenoxy) is 1. The fraction of sp³-hybridized carbons (Fsp3) is 0.308. The standard InChI is InChI=1S/C26H29NO3S/c1-16-12-13-20(14-17(16)2)21-18(3)31-23(22(21)24(28)30-6)27-25(29)26(4,5)15-19-10-8-7-9-11-19/h7-14H,15H2,1-6H3,(H,27,29). The van der Waals surface area contributed by atoms with Crippen LogP contribution in [0, 0.1) is 26.2 Å². The van der Waals surface area contributed by atoms with Gasteiger partial charge in [0.15, 0.2) is 0 Å². The predicted molar refractivity (Wildman–Crippen MR) is 128 cm³/mol. The SMILES string of the molecule is COC(=O)c1c(NC(=O)C(C)(C)Cc2ccccc2)sc(C)c1-c1ccc(C)c(C)c1. The Morgan fingerprint density at radius 3 is 2.29 bits per heavy atom. The van der Waals surface area contributed by atoms with Crippen LogP contribution in [0.3, 0.4) is 0 Å². The average Bonchev–Trinajstić information content (AvgIpc) is 3.05. The van der Waals surface area contributed by atoms with Gasteiger partial charge in [0.1, 0.15) is 10.6 Å². The fourth-order valence-electron chi connectivity index (χ4n) is 3.63. The lowest BCUT2D eigenvalue weighted by atomic mass is 9.85. The molecule has 0 aliphatic carbocycles. The highest BCUT2D eigenvalue weighted by molar-refractivity contribution is 7.17. The molecule has 0 saturated carbocycles. The summed E-state index contributed by atoms with van der Waals surface area (Å²) in [7, 11) is 1.37. The number of aryl methyl sites for hydroxylation is 3. The smallest absolute Gasteiger partial charge is 0.341 e. The highest BCUT2D eigenvalue weighted by atomic mass is 32.1. The van der Waals surface area contributed by atoms with Gasteiger partial charge in [0.05, 0.1) is 7.11 Å². The van der Waals surface area contributed by atoms with Crippen molar-refractivity contribution < 1.29 is 14.3 Å². The van der Waals surface area contributed by atoms with E-state index < -0.39 is 11.4 Å². The van der Waals surface area contributed by atoms with Crippen LogP contribution in [-0.4, -0.2) is 19.0 Å². The summed E-state index contributed by atoms with van der Waals surface area (Å²) in [6, 6.07) is 16.1. The first-order chi connectivity index (χ1) is 14.6. The molecular weight excluding hydrogens is 406 g/mol. The monoisotopic (exact) mass is 435 g/mol. The van der Waals surface area contributed by atoms with E-state index in [4.69, 9.17) is 4.74 Å². The van der Waals surface area contributed by atoms with E-state index in [0.29, 0.717) is 17.0 Å². The summed E-state index contributed by atoms with van der Waals surface area (Å²) in [6.45, 7) is 9.90. The molecule has 0 saturated heterocycles. The molecule has 1 amide bonds. The number of rotatable bonds is 6. The van der Waals surface area contributed by atoms with Gasteiger partial charge in [-0.15, -0.1) is 11.3 Å². The zero-order valence-corrected chi connectivity index (χ0v) is 19.8. The predicted octanol–water partition coefficient (Wildman–Crippen LogP) is 6.33. The summed E-state index contributed by atoms with van der Waals surface area (Å²) in [5.41, 5.74) is 4.96. The topological polar surface area (TPSA) is 55.4 Å². The molecule has 1 aromatic heterocycles. The van der Waals surface area contributed by atoms with Crippen LogP contribution in [-0.2, 0) is 16.0 Å². The Balaban J connectivity index is 1.98. The first kappa shape index (κ1) is 22.8. The van der Waals surface area contributed by atoms with Gasteiger partial charge >= 0.3 is 5.97 Å². The quantitative estimate of drug-likeness (QED) is 0.460. The Kier molecular flexibility index (Phi) is 6.65. The van der Waals surface area contributed by atoms with Crippen LogP contribution >= 0.6 is 11.3 Å². The van der Waals surface area contributed by atoms with Gasteiger partial charge in [-0.2, -0.15) is 0 Å². The van der Waals surface area contributed by atoms with E-state index >= 15 is 0 Å². The number of hydrogen-bond donors (Lipinski definition) is 1. The lowest BCUT2D eigenvalue weighted by Crippen LogP contribution is -2.33. The third-order valence-electron chi connectivity index (χ3n) is 5.60. The molecule has 4 nitrogen and oxygen atoms in total. The Labute approximate surface area is 188 Å². The number of nitrogens with one attached hydrogen (secondary N) is 1. The van der Waals surface area contributed by atoms with Crippen molar-refractivity contribution in [2.75, 3.05) is 12.4 Å². The highest BCUT2D eigenvalue weighted by Gasteiger charge is 2.31. The summed E-state index contributed by atoms with van der Waals surface area (Å²) in [5, 5.41) is 3.55. The van der Waals surface area contributed by atoms with Gasteiger partial charge in [0, 0.05) is 15.9 Å². The second-order valence-corrected chi connectivity index (χ2v) is 9.75. The molecule has 0 atom stereocenters. The Hall–Kier alpha value is -2.92. The van der Waals surface area contributed by atoms with Crippen LogP contribution in [0.15, 0.2) is 48.5 Å². The molecular formula is C26H29NO3S. The van der Waals surface area contributed by atoms with E-state index in [1.807, 2.05) is 70.2 Å². The van der Waals surface area contributed by atoms with Gasteiger partial charge < -0.3 is 10.1 Å². The number of carbonyl (C=O) groups is 2. The van der Waals surface area contributed by atoms with Crippen molar-refractivity contribution in [3.63, 3.8) is 0 Å². The lowest BCUT2D eigenvalue weighted by Gasteiger charge is -2.23. The zero-order valence-electron chi connectivity index (χ0n) is 19.0. The largest absolute Gasteiger partial charge is 0.465 e. The van der Waals surface area contributed by atoms with Gasteiger partial charge in [-0.05, 0) is 49.4 Å². The minimum atomic E-state index is -0.646. The molecule has 2 aromatic carbocycles. The second-order valence-electron chi connectivity index (χ2n) is 8.53. The van der Waals surface area contributed by atoms with Crippen molar-refractivity contribution in [2.45, 2.75) is 41.0 Å². The van der Waals surface area contributed by atoms with Crippen LogP contribution in [0.1, 0.15) is 45.8 Å². The van der Waals surface area contributed by atoms with Crippen LogP contribution in [0.5, 0.6) is 0 Å². The molecule has 0 radical (unpaired) electrons. The summed E-state index contributed by atoms with van der Waals surface area (Å²) in [6.07, 6.45) is 0.599. The number of methoxy groups -OCH3 is 1. The number of anilines is 1. The molecule has 0 spiro atoms. The highest BCUT2D eigenvalue weighted by Crippen LogP contribution is 2.41. The van der Waals surface area contributed by atoms with E-state index in [-0.39, 0.29) is 5.91 Å². The molecule has 1 N–H and O–H groups in total. The van der Waals surface area contributed by atoms with E-state index in [1.54, 1.807) is 0 Å². The Morgan fingerprint density at radius 1 is 1.00 bits per heavy atom. The summed E-state index contributed by atoms with van der Waals surface area (Å²) >= 11 is 1.41. The third-order valence-corrected chi connectivity index (χ3v) is 6.62. The summed E-state index contributed by atoms with van der Waals surface area (Å²) < 4.78 is 5.09. The number of thiophene rings is 1. The molecule has 3 aromatic rings. The van der Waals surface area contributed by atoms with Crippen molar-refractivity contribution in [3.8, 4) is 11.1 Å². The van der Waals surface area contributed by atoms with Gasteiger partial charge in [-0.1, -0.05) is 62.4 Å². The maximum atomic E-state index is 13.2. The van der Waals surface area contributed by atoms with E-state index in [0.717, 1.165) is 27.1 Å². The van der Waals surface area contributed by atoms with Gasteiger partial charge in [0.2, 0.25) is 5.91 Å². The first-order valence-electron chi connectivity index (χ1n) is 10.3. The van der Waals surface area contributed by atoms with E-state index in [2.05, 4.69) is 18.3 Å². The van der Waals surface area contributed by atoms with Crippen LogP contribution in [0.25, 0.3) is 11.1 Å². The Morgan fingerprint density at radius 2 is 1.68 bits per heavy atom. The molecule has 0 bridgehead atoms. The van der Waals surface area contributed by atoms with Crippen molar-refractivity contribution in [2.24, 2.45) is 5.41 Å². The van der Waals surface area contributed by atoms with Crippen LogP contribution < -0.4 is 5.32 Å². The minimum Gasteiger partial charge on any atom is -0.465 e. The lowest BCUT2D eigenvalue weighted by molar-refractivity contribution is -0.123. The van der Waals surface area contributed by atoms with Gasteiger partial charge in [-0.25, -0.2) is 4.79 Å². The van der Waals surface area contributed by atoms with Crippen LogP contribution in [0.2, 0.25) is 0 Å². The molecule has 31 heavy (non-hydrogen) atoms. The van der Waals surface area contributed by atoms with E-state index in [1.165, 1.54) is 24.0 Å². The maximum Gasteiger partial charge on any atom is 0.341 e. The number of amides is 1. The molecule has 5 heteroatoms. The third kappa shape index (κ3) is 4.88. The molecule has 0 unspecified atom stereocenters. The van der Waals surface area contributed by atoms with Crippen molar-refractivity contribution >= 4 is 28.2 Å². The normalized spacial score (nSPS) is 11.3. The zero-order chi connectivity index (χ0) is 22.8. The molecule has 0 aliphatic heterocycles. The van der Waals surface area contributed by atoms with Crippen molar-refractivity contribution in [1.82, 2.24) is 0 Å². The van der Waals surface area contributed by atoms with Gasteiger partial charge in [0.25, 0.3) is 0 Å². The maximum absolute atomic E-state index is 13.2. The number of hydrogen-bond acceptors (Lipinski definition) is 4. The van der Waals surface area contributed by atoms with E-state index in [9.17, 15) is 9.59 Å². The first-order valence-corrected chi connectivity index (χ1v) is 11.1. The number of benzene rings is 2. The molecule has 3 rings (SSSR count). The number of carbonyl (C=O) groups excluding carboxylic acids is 2. The number of esters is 1. The van der Waals surface area contributed by atoms with Crippen LogP contribution in [0.4, 0.5) is 5.00 Å². The molecule has 1 heterocycles. The van der Waals surface area contributed by atoms with Gasteiger partial charge in [-0.3, -0.25) is 4.79 Å². The fourth-order valence-corrected chi connectivity index (χ4v) is 4.69. The molecule has 0 fully saturated rings. The average molecular weight is 436 g/mol. The summed E-state index contributed by atoms with van der Waals surface area (Å²) in [5.74, 6) is -0.580. The van der Waals surface area contributed by atoms with Crippen molar-refractivity contribution in [1.29, 1.82) is 0 Å². The molecule has 162 valence electrons. The summed E-state index contributed by atoms with van der Waals surface area (Å²) in [4.78, 5) is 26.9. The Bertz CT molecular complexity index is 1110. The second kappa shape index (κ2) is 9.06. The van der Waals surface area contributed by atoms with Crippen molar-refractivity contribution in [3.05, 3.63) is 75.7 Å². The molecule has 0 aliphatic rings. The minimum absolute atomic E-state index is 0.130.